The van der Waals surface area contributed by atoms with Gasteiger partial charge in [0, 0.05) is 38.9 Å². The molecule has 1 fully saturated rings. The second-order valence-electron chi connectivity index (χ2n) is 8.12. The average molecular weight is 476 g/mol. The first-order valence-corrected chi connectivity index (χ1v) is 12.6. The van der Waals surface area contributed by atoms with Crippen molar-refractivity contribution in [2.24, 2.45) is 0 Å². The molecule has 0 atom stereocenters. The monoisotopic (exact) mass is 475 g/mol. The van der Waals surface area contributed by atoms with Gasteiger partial charge in [-0.15, -0.1) is 5.10 Å². The van der Waals surface area contributed by atoms with E-state index in [9.17, 15) is 8.42 Å². The summed E-state index contributed by atoms with van der Waals surface area (Å²) in [7, 11) is -3.18. The molecule has 1 aliphatic heterocycles. The van der Waals surface area contributed by atoms with Crippen molar-refractivity contribution in [2.45, 2.75) is 31.4 Å². The van der Waals surface area contributed by atoms with Crippen LogP contribution in [-0.2, 0) is 22.1 Å². The van der Waals surface area contributed by atoms with Crippen LogP contribution in [0.15, 0.2) is 42.9 Å². The van der Waals surface area contributed by atoms with Crippen LogP contribution in [0, 0.1) is 0 Å². The van der Waals surface area contributed by atoms with Gasteiger partial charge in [0.05, 0.1) is 45.5 Å². The Bertz CT molecular complexity index is 1170. The zero-order valence-electron chi connectivity index (χ0n) is 18.1. The molecule has 170 valence electrons. The predicted octanol–water partition coefficient (Wildman–Crippen LogP) is 2.36. The Kier molecular flexibility index (Phi) is 6.73. The highest BCUT2D eigenvalue weighted by molar-refractivity contribution is 7.91. The van der Waals surface area contributed by atoms with Crippen LogP contribution in [-0.4, -0.2) is 69.7 Å². The molecule has 0 N–H and O–H groups in total. The third-order valence-corrected chi connectivity index (χ3v) is 7.78. The number of anilines is 1. The van der Waals surface area contributed by atoms with Crippen LogP contribution in [0.25, 0.3) is 5.69 Å². The highest BCUT2D eigenvalue weighted by Crippen LogP contribution is 2.18. The van der Waals surface area contributed by atoms with Crippen molar-refractivity contribution in [1.29, 1.82) is 0 Å². The topological polar surface area (TPSA) is 97.1 Å². The number of piperazine rings is 1. The maximum Gasteiger partial charge on any atom is 0.158 e. The minimum absolute atomic E-state index is 0.0315. The Balaban J connectivity index is 1.34. The van der Waals surface area contributed by atoms with Gasteiger partial charge in [-0.1, -0.05) is 22.9 Å². The fourth-order valence-corrected chi connectivity index (χ4v) is 4.56. The van der Waals surface area contributed by atoms with E-state index in [4.69, 9.17) is 11.6 Å². The van der Waals surface area contributed by atoms with Gasteiger partial charge in [0.25, 0.3) is 0 Å². The van der Waals surface area contributed by atoms with E-state index in [1.165, 1.54) is 0 Å². The van der Waals surface area contributed by atoms with Gasteiger partial charge in [0.15, 0.2) is 9.84 Å². The van der Waals surface area contributed by atoms with Crippen molar-refractivity contribution in [2.75, 3.05) is 31.1 Å². The molecule has 0 radical (unpaired) electrons. The molecule has 0 aliphatic carbocycles. The number of pyridine rings is 2. The van der Waals surface area contributed by atoms with Crippen LogP contribution in [0.3, 0.4) is 0 Å². The van der Waals surface area contributed by atoms with Gasteiger partial charge in [-0.2, -0.15) is 0 Å². The maximum atomic E-state index is 12.2. The normalized spacial score (nSPS) is 15.4. The number of aromatic nitrogens is 5. The molecule has 0 aromatic carbocycles. The number of hydrogen-bond donors (Lipinski definition) is 0. The zero-order chi connectivity index (χ0) is 22.7. The van der Waals surface area contributed by atoms with E-state index in [0.717, 1.165) is 43.4 Å². The summed E-state index contributed by atoms with van der Waals surface area (Å²) in [6.45, 7) is 7.40. The largest absolute Gasteiger partial charge is 0.354 e. The molecule has 3 aromatic heterocycles. The molecule has 0 amide bonds. The fraction of sp³-hybridized carbons (Fsp3) is 0.429. The smallest absolute Gasteiger partial charge is 0.158 e. The second kappa shape index (κ2) is 9.51. The Morgan fingerprint density at radius 3 is 2.59 bits per heavy atom. The predicted molar refractivity (Wildman–Crippen MR) is 124 cm³/mol. The van der Waals surface area contributed by atoms with Crippen molar-refractivity contribution in [1.82, 2.24) is 29.9 Å². The number of sulfone groups is 1. The third kappa shape index (κ3) is 5.43. The van der Waals surface area contributed by atoms with E-state index in [1.807, 2.05) is 18.3 Å². The number of nitrogens with zero attached hydrogens (tertiary/aromatic N) is 7. The zero-order valence-corrected chi connectivity index (χ0v) is 19.7. The van der Waals surface area contributed by atoms with Crippen molar-refractivity contribution in [3.05, 3.63) is 59.3 Å². The van der Waals surface area contributed by atoms with Crippen molar-refractivity contribution in [3.63, 3.8) is 0 Å². The van der Waals surface area contributed by atoms with Crippen molar-refractivity contribution in [3.8, 4) is 5.69 Å². The van der Waals surface area contributed by atoms with Crippen molar-refractivity contribution < 1.29 is 8.42 Å². The molecule has 1 saturated heterocycles. The molecule has 1 aliphatic rings. The Hall–Kier alpha value is -2.56. The molecule has 9 nitrogen and oxygen atoms in total. The van der Waals surface area contributed by atoms with Crippen LogP contribution >= 0.6 is 11.6 Å². The Labute approximate surface area is 193 Å². The molecular weight excluding hydrogens is 450 g/mol. The van der Waals surface area contributed by atoms with Crippen LogP contribution in [0.4, 0.5) is 5.82 Å². The molecule has 4 heterocycles. The maximum absolute atomic E-state index is 12.2. The molecule has 11 heteroatoms. The number of rotatable bonds is 7. The van der Waals surface area contributed by atoms with Crippen molar-refractivity contribution >= 4 is 27.3 Å². The lowest BCUT2D eigenvalue weighted by Crippen LogP contribution is -2.46. The van der Waals surface area contributed by atoms with Gasteiger partial charge < -0.3 is 4.90 Å². The Morgan fingerprint density at radius 2 is 1.88 bits per heavy atom. The summed E-state index contributed by atoms with van der Waals surface area (Å²) >= 11 is 6.00. The molecule has 32 heavy (non-hydrogen) atoms. The van der Waals surface area contributed by atoms with Gasteiger partial charge in [-0.3, -0.25) is 9.88 Å². The quantitative estimate of drug-likeness (QED) is 0.513. The molecular formula is C21H26ClN7O2S. The van der Waals surface area contributed by atoms with Crippen LogP contribution in [0.2, 0.25) is 5.02 Å². The molecule has 0 unspecified atom stereocenters. The molecule has 4 rings (SSSR count). The lowest BCUT2D eigenvalue weighted by atomic mass is 10.2. The number of hydrogen-bond acceptors (Lipinski definition) is 8. The SMILES string of the molecule is CC(C)S(=O)(=O)Cc1cccc(N2CCN(Cc3cn(-c4cncc(Cl)c4)nn3)CC2)n1. The van der Waals surface area contributed by atoms with E-state index in [2.05, 4.69) is 30.1 Å². The van der Waals surface area contributed by atoms with Gasteiger partial charge in [-0.25, -0.2) is 18.1 Å². The average Bonchev–Trinajstić information content (AvgIpc) is 3.23. The fourth-order valence-electron chi connectivity index (χ4n) is 3.48. The minimum atomic E-state index is -3.18. The molecule has 3 aromatic rings. The molecule has 0 saturated carbocycles. The summed E-state index contributed by atoms with van der Waals surface area (Å²) in [4.78, 5) is 13.2. The molecule has 0 bridgehead atoms. The first-order valence-electron chi connectivity index (χ1n) is 10.5. The summed E-state index contributed by atoms with van der Waals surface area (Å²) < 4.78 is 26.1. The highest BCUT2D eigenvalue weighted by Gasteiger charge is 2.21. The summed E-state index contributed by atoms with van der Waals surface area (Å²) in [6, 6.07) is 7.38. The summed E-state index contributed by atoms with van der Waals surface area (Å²) in [5.41, 5.74) is 2.23. The lowest BCUT2D eigenvalue weighted by Gasteiger charge is -2.35. The standard InChI is InChI=1S/C21H26ClN7O2S/c1-16(2)32(30,31)15-18-4-3-5-21(24-18)28-8-6-27(7-9-28)13-19-14-29(26-25-19)20-10-17(22)11-23-12-20/h3-5,10-12,14,16H,6-9,13,15H2,1-2H3. The summed E-state index contributed by atoms with van der Waals surface area (Å²) in [5.74, 6) is 0.788. The van der Waals surface area contributed by atoms with Gasteiger partial charge in [0.1, 0.15) is 5.82 Å². The van der Waals surface area contributed by atoms with E-state index >= 15 is 0 Å². The summed E-state index contributed by atoms with van der Waals surface area (Å²) in [5, 5.41) is 8.59. The first-order chi connectivity index (χ1) is 15.3. The summed E-state index contributed by atoms with van der Waals surface area (Å²) in [6.07, 6.45) is 5.16. The van der Waals surface area contributed by atoms with E-state index in [1.54, 1.807) is 43.1 Å². The minimum Gasteiger partial charge on any atom is -0.354 e. The second-order valence-corrected chi connectivity index (χ2v) is 11.1. The van der Waals surface area contributed by atoms with Gasteiger partial charge in [0.2, 0.25) is 0 Å². The van der Waals surface area contributed by atoms with Crippen LogP contribution in [0.1, 0.15) is 25.2 Å². The van der Waals surface area contributed by atoms with Crippen LogP contribution in [0.5, 0.6) is 0 Å². The molecule has 0 spiro atoms. The van der Waals surface area contributed by atoms with Crippen LogP contribution < -0.4 is 4.90 Å². The first kappa shape index (κ1) is 22.6. The Morgan fingerprint density at radius 1 is 1.09 bits per heavy atom. The highest BCUT2D eigenvalue weighted by atomic mass is 35.5. The van der Waals surface area contributed by atoms with E-state index in [-0.39, 0.29) is 5.75 Å². The number of halogens is 1. The van der Waals surface area contributed by atoms with E-state index in [0.29, 0.717) is 17.3 Å². The third-order valence-electron chi connectivity index (χ3n) is 5.44. The van der Waals surface area contributed by atoms with Gasteiger partial charge in [-0.05, 0) is 32.0 Å². The van der Waals surface area contributed by atoms with Gasteiger partial charge >= 0.3 is 0 Å². The van der Waals surface area contributed by atoms with E-state index < -0.39 is 15.1 Å². The lowest BCUT2D eigenvalue weighted by molar-refractivity contribution is 0.246.